The molecule has 0 fully saturated rings. The standard InChI is InChI=1S/C10H21N3O2/c1-3-4-12-10(15)7-13-9(14)5-8(2)6-11/h8H,3-7,11H2,1-2H3,(H,12,15)(H,13,14). The SMILES string of the molecule is CCCNC(=O)CNC(=O)CC(C)CN. The summed E-state index contributed by atoms with van der Waals surface area (Å²) in [7, 11) is 0. The van der Waals surface area contributed by atoms with Crippen LogP contribution in [0, 0.1) is 5.92 Å². The zero-order chi connectivity index (χ0) is 11.7. The normalized spacial score (nSPS) is 11.9. The molecular weight excluding hydrogens is 194 g/mol. The molecule has 0 bridgehead atoms. The zero-order valence-corrected chi connectivity index (χ0v) is 9.51. The largest absolute Gasteiger partial charge is 0.355 e. The van der Waals surface area contributed by atoms with Crippen molar-refractivity contribution < 1.29 is 9.59 Å². The van der Waals surface area contributed by atoms with Crippen molar-refractivity contribution in [1.29, 1.82) is 0 Å². The van der Waals surface area contributed by atoms with E-state index in [-0.39, 0.29) is 24.3 Å². The van der Waals surface area contributed by atoms with Crippen LogP contribution in [0.25, 0.3) is 0 Å². The van der Waals surface area contributed by atoms with E-state index in [2.05, 4.69) is 10.6 Å². The van der Waals surface area contributed by atoms with Gasteiger partial charge in [-0.25, -0.2) is 0 Å². The molecule has 0 aliphatic rings. The highest BCUT2D eigenvalue weighted by Gasteiger charge is 2.08. The minimum atomic E-state index is -0.148. The van der Waals surface area contributed by atoms with Gasteiger partial charge in [-0.15, -0.1) is 0 Å². The van der Waals surface area contributed by atoms with Gasteiger partial charge in [-0.3, -0.25) is 9.59 Å². The summed E-state index contributed by atoms with van der Waals surface area (Å²) in [5.41, 5.74) is 5.38. The van der Waals surface area contributed by atoms with Crippen LogP contribution < -0.4 is 16.4 Å². The van der Waals surface area contributed by atoms with Crippen LogP contribution in [0.3, 0.4) is 0 Å². The minimum Gasteiger partial charge on any atom is -0.355 e. The Morgan fingerprint density at radius 1 is 1.27 bits per heavy atom. The molecule has 5 nitrogen and oxygen atoms in total. The van der Waals surface area contributed by atoms with Gasteiger partial charge in [-0.1, -0.05) is 13.8 Å². The number of carbonyl (C=O) groups is 2. The first-order valence-corrected chi connectivity index (χ1v) is 5.33. The first kappa shape index (κ1) is 13.9. The summed E-state index contributed by atoms with van der Waals surface area (Å²) in [6.07, 6.45) is 1.27. The Morgan fingerprint density at radius 2 is 1.93 bits per heavy atom. The summed E-state index contributed by atoms with van der Waals surface area (Å²) in [5, 5.41) is 5.23. The van der Waals surface area contributed by atoms with E-state index >= 15 is 0 Å². The molecule has 1 atom stereocenters. The fraction of sp³-hybridized carbons (Fsp3) is 0.800. The topological polar surface area (TPSA) is 84.2 Å². The highest BCUT2D eigenvalue weighted by atomic mass is 16.2. The maximum Gasteiger partial charge on any atom is 0.239 e. The summed E-state index contributed by atoms with van der Waals surface area (Å²) in [6, 6.07) is 0. The molecule has 0 heterocycles. The Bertz CT molecular complexity index is 207. The molecule has 2 amide bonds. The molecule has 4 N–H and O–H groups in total. The second kappa shape index (κ2) is 8.23. The van der Waals surface area contributed by atoms with E-state index in [1.165, 1.54) is 0 Å². The Morgan fingerprint density at radius 3 is 2.47 bits per heavy atom. The molecule has 0 aliphatic carbocycles. The van der Waals surface area contributed by atoms with E-state index < -0.39 is 0 Å². The molecule has 1 unspecified atom stereocenters. The van der Waals surface area contributed by atoms with Crippen LogP contribution in [-0.4, -0.2) is 31.4 Å². The summed E-state index contributed by atoms with van der Waals surface area (Å²) in [4.78, 5) is 22.4. The van der Waals surface area contributed by atoms with Gasteiger partial charge in [0.1, 0.15) is 0 Å². The predicted octanol–water partition coefficient (Wildman–Crippen LogP) is -0.386. The van der Waals surface area contributed by atoms with Crippen LogP contribution in [0.1, 0.15) is 26.7 Å². The quantitative estimate of drug-likeness (QED) is 0.541. The maximum atomic E-state index is 11.2. The Kier molecular flexibility index (Phi) is 7.62. The summed E-state index contributed by atoms with van der Waals surface area (Å²) >= 11 is 0. The number of rotatable bonds is 7. The van der Waals surface area contributed by atoms with E-state index in [0.717, 1.165) is 6.42 Å². The van der Waals surface area contributed by atoms with Gasteiger partial charge in [0.2, 0.25) is 11.8 Å². The number of hydrogen-bond acceptors (Lipinski definition) is 3. The van der Waals surface area contributed by atoms with E-state index in [0.29, 0.717) is 19.5 Å². The van der Waals surface area contributed by atoms with E-state index in [1.807, 2.05) is 13.8 Å². The third-order valence-electron chi connectivity index (χ3n) is 1.95. The van der Waals surface area contributed by atoms with Gasteiger partial charge in [-0.2, -0.15) is 0 Å². The molecule has 15 heavy (non-hydrogen) atoms. The van der Waals surface area contributed by atoms with Crippen molar-refractivity contribution in [3.63, 3.8) is 0 Å². The molecule has 0 spiro atoms. The summed E-state index contributed by atoms with van der Waals surface area (Å²) < 4.78 is 0. The average Bonchev–Trinajstić information content (AvgIpc) is 2.23. The third-order valence-corrected chi connectivity index (χ3v) is 1.95. The highest BCUT2D eigenvalue weighted by Crippen LogP contribution is 1.97. The molecule has 0 aromatic heterocycles. The molecule has 0 aromatic rings. The average molecular weight is 215 g/mol. The number of amides is 2. The fourth-order valence-electron chi connectivity index (χ4n) is 0.978. The Labute approximate surface area is 90.8 Å². The van der Waals surface area contributed by atoms with Crippen LogP contribution in [0.15, 0.2) is 0 Å². The van der Waals surface area contributed by atoms with Crippen LogP contribution in [0.5, 0.6) is 0 Å². The lowest BCUT2D eigenvalue weighted by Crippen LogP contribution is -2.38. The maximum absolute atomic E-state index is 11.2. The summed E-state index contributed by atoms with van der Waals surface area (Å²) in [5.74, 6) is -0.117. The number of carbonyl (C=O) groups excluding carboxylic acids is 2. The van der Waals surface area contributed by atoms with Crippen molar-refractivity contribution in [3.05, 3.63) is 0 Å². The Balaban J connectivity index is 3.57. The van der Waals surface area contributed by atoms with Crippen LogP contribution in [0.2, 0.25) is 0 Å². The molecule has 0 aromatic carbocycles. The van der Waals surface area contributed by atoms with E-state index in [1.54, 1.807) is 0 Å². The number of nitrogens with one attached hydrogen (secondary N) is 2. The summed E-state index contributed by atoms with van der Waals surface area (Å²) in [6.45, 7) is 5.05. The third kappa shape index (κ3) is 7.93. The van der Waals surface area contributed by atoms with Gasteiger partial charge < -0.3 is 16.4 Å². The lowest BCUT2D eigenvalue weighted by molar-refractivity contribution is -0.126. The molecule has 88 valence electrons. The van der Waals surface area contributed by atoms with Gasteiger partial charge in [-0.05, 0) is 18.9 Å². The van der Waals surface area contributed by atoms with Crippen molar-refractivity contribution in [2.75, 3.05) is 19.6 Å². The van der Waals surface area contributed by atoms with Crippen molar-refractivity contribution in [3.8, 4) is 0 Å². The van der Waals surface area contributed by atoms with Crippen molar-refractivity contribution in [2.45, 2.75) is 26.7 Å². The second-order valence-corrected chi connectivity index (χ2v) is 3.67. The Hall–Kier alpha value is -1.10. The van der Waals surface area contributed by atoms with E-state index in [4.69, 9.17) is 5.73 Å². The molecule has 0 saturated heterocycles. The van der Waals surface area contributed by atoms with Crippen LogP contribution >= 0.6 is 0 Å². The highest BCUT2D eigenvalue weighted by molar-refractivity contribution is 5.84. The van der Waals surface area contributed by atoms with Gasteiger partial charge in [0.05, 0.1) is 6.54 Å². The minimum absolute atomic E-state index is 0.0517. The van der Waals surface area contributed by atoms with Crippen molar-refractivity contribution in [1.82, 2.24) is 10.6 Å². The molecule has 0 radical (unpaired) electrons. The fourth-order valence-corrected chi connectivity index (χ4v) is 0.978. The van der Waals surface area contributed by atoms with Gasteiger partial charge in [0, 0.05) is 13.0 Å². The first-order chi connectivity index (χ1) is 7.10. The molecular formula is C10H21N3O2. The molecule has 5 heteroatoms. The number of hydrogen-bond donors (Lipinski definition) is 3. The first-order valence-electron chi connectivity index (χ1n) is 5.33. The smallest absolute Gasteiger partial charge is 0.239 e. The second-order valence-electron chi connectivity index (χ2n) is 3.67. The van der Waals surface area contributed by atoms with Crippen LogP contribution in [0.4, 0.5) is 0 Å². The van der Waals surface area contributed by atoms with Gasteiger partial charge in [0.15, 0.2) is 0 Å². The molecule has 0 rings (SSSR count). The molecule has 0 saturated carbocycles. The molecule has 0 aliphatic heterocycles. The zero-order valence-electron chi connectivity index (χ0n) is 9.51. The monoisotopic (exact) mass is 215 g/mol. The van der Waals surface area contributed by atoms with Gasteiger partial charge >= 0.3 is 0 Å². The van der Waals surface area contributed by atoms with Crippen molar-refractivity contribution >= 4 is 11.8 Å². The lowest BCUT2D eigenvalue weighted by atomic mass is 10.1. The number of nitrogens with two attached hydrogens (primary N) is 1. The predicted molar refractivity (Wildman–Crippen MR) is 59.1 cm³/mol. The van der Waals surface area contributed by atoms with E-state index in [9.17, 15) is 9.59 Å². The van der Waals surface area contributed by atoms with Crippen molar-refractivity contribution in [2.24, 2.45) is 11.7 Å². The lowest BCUT2D eigenvalue weighted by Gasteiger charge is -2.09. The van der Waals surface area contributed by atoms with Crippen LogP contribution in [-0.2, 0) is 9.59 Å². The van der Waals surface area contributed by atoms with Gasteiger partial charge in [0.25, 0.3) is 0 Å².